The number of hydrogen-bond acceptors (Lipinski definition) is 3. The summed E-state index contributed by atoms with van der Waals surface area (Å²) in [5, 5.41) is 3.29. The molecular weight excluding hydrogens is 164 g/mol. The molecule has 0 aliphatic rings. The van der Waals surface area contributed by atoms with Crippen molar-refractivity contribution in [3.8, 4) is 0 Å². The quantitative estimate of drug-likeness (QED) is 0.505. The van der Waals surface area contributed by atoms with Crippen molar-refractivity contribution in [3.05, 3.63) is 0 Å². The molecule has 0 atom stereocenters. The van der Waals surface area contributed by atoms with E-state index in [2.05, 4.69) is 12.2 Å². The van der Waals surface area contributed by atoms with Crippen LogP contribution in [0.15, 0.2) is 0 Å². The zero-order valence-corrected chi connectivity index (χ0v) is 8.85. The van der Waals surface area contributed by atoms with E-state index in [-0.39, 0.29) is 0 Å². The fraction of sp³-hybridized carbons (Fsp3) is 1.00. The van der Waals surface area contributed by atoms with Crippen molar-refractivity contribution in [1.29, 1.82) is 0 Å². The van der Waals surface area contributed by atoms with Gasteiger partial charge in [0.2, 0.25) is 0 Å². The summed E-state index contributed by atoms with van der Waals surface area (Å²) in [6.07, 6.45) is 4.56. The van der Waals surface area contributed by atoms with Gasteiger partial charge in [0.1, 0.15) is 0 Å². The third-order valence-electron chi connectivity index (χ3n) is 1.89. The second-order valence-corrected chi connectivity index (χ2v) is 3.17. The van der Waals surface area contributed by atoms with Crippen LogP contribution in [0.3, 0.4) is 0 Å². The van der Waals surface area contributed by atoms with E-state index in [1.807, 2.05) is 0 Å². The molecule has 0 aromatic heterocycles. The first-order valence-electron chi connectivity index (χ1n) is 5.40. The van der Waals surface area contributed by atoms with Crippen LogP contribution in [0, 0.1) is 0 Å². The Morgan fingerprint density at radius 1 is 1.08 bits per heavy atom. The van der Waals surface area contributed by atoms with Crippen LogP contribution >= 0.6 is 0 Å². The highest BCUT2D eigenvalue weighted by Crippen LogP contribution is 1.92. The molecule has 3 heteroatoms. The summed E-state index contributed by atoms with van der Waals surface area (Å²) in [5.41, 5.74) is 5.36. The molecule has 0 aliphatic heterocycles. The minimum absolute atomic E-state index is 0.782. The normalized spacial score (nSPS) is 10.6. The predicted molar refractivity (Wildman–Crippen MR) is 56.9 cm³/mol. The molecule has 80 valence electrons. The zero-order chi connectivity index (χ0) is 9.78. The Kier molecular flexibility index (Phi) is 11.8. The fourth-order valence-corrected chi connectivity index (χ4v) is 1.08. The maximum absolute atomic E-state index is 5.43. The largest absolute Gasteiger partial charge is 0.381 e. The monoisotopic (exact) mass is 188 g/mol. The molecule has 0 saturated heterocycles. The minimum Gasteiger partial charge on any atom is -0.381 e. The summed E-state index contributed by atoms with van der Waals surface area (Å²) in [6.45, 7) is 6.86. The van der Waals surface area contributed by atoms with Crippen LogP contribution in [0.5, 0.6) is 0 Å². The molecule has 13 heavy (non-hydrogen) atoms. The van der Waals surface area contributed by atoms with Crippen molar-refractivity contribution in [2.24, 2.45) is 5.73 Å². The van der Waals surface area contributed by atoms with Gasteiger partial charge in [0.25, 0.3) is 0 Å². The molecule has 0 rings (SSSR count). The summed E-state index contributed by atoms with van der Waals surface area (Å²) in [4.78, 5) is 0. The van der Waals surface area contributed by atoms with Gasteiger partial charge in [-0.1, -0.05) is 6.92 Å². The van der Waals surface area contributed by atoms with Crippen LogP contribution in [0.2, 0.25) is 0 Å². The highest BCUT2D eigenvalue weighted by molar-refractivity contribution is 4.45. The van der Waals surface area contributed by atoms with Gasteiger partial charge < -0.3 is 15.8 Å². The number of hydrogen-bond donors (Lipinski definition) is 2. The molecule has 0 unspecified atom stereocenters. The molecule has 3 N–H and O–H groups in total. The van der Waals surface area contributed by atoms with Crippen molar-refractivity contribution in [3.63, 3.8) is 0 Å². The first-order valence-corrected chi connectivity index (χ1v) is 5.40. The SMILES string of the molecule is CCNCCCCOCCCCN. The standard InChI is InChI=1S/C10H24N2O/c1-2-12-8-4-6-10-13-9-5-3-7-11/h12H,2-11H2,1H3. The number of rotatable bonds is 10. The third kappa shape index (κ3) is 11.9. The Morgan fingerprint density at radius 3 is 2.38 bits per heavy atom. The lowest BCUT2D eigenvalue weighted by molar-refractivity contribution is 0.127. The summed E-state index contributed by atoms with van der Waals surface area (Å²) in [7, 11) is 0. The lowest BCUT2D eigenvalue weighted by Crippen LogP contribution is -2.14. The van der Waals surface area contributed by atoms with E-state index in [9.17, 15) is 0 Å². The van der Waals surface area contributed by atoms with Crippen molar-refractivity contribution in [2.45, 2.75) is 32.6 Å². The molecule has 0 aromatic rings. The zero-order valence-electron chi connectivity index (χ0n) is 8.85. The van der Waals surface area contributed by atoms with Gasteiger partial charge in [-0.2, -0.15) is 0 Å². The summed E-state index contributed by atoms with van der Waals surface area (Å²) < 4.78 is 5.43. The predicted octanol–water partition coefficient (Wildman–Crippen LogP) is 1.13. The highest BCUT2D eigenvalue weighted by atomic mass is 16.5. The average Bonchev–Trinajstić information content (AvgIpc) is 2.16. The maximum atomic E-state index is 5.43. The molecule has 0 aromatic carbocycles. The Balaban J connectivity index is 2.76. The van der Waals surface area contributed by atoms with Crippen LogP contribution in [0.25, 0.3) is 0 Å². The summed E-state index contributed by atoms with van der Waals surface area (Å²) in [6, 6.07) is 0. The molecule has 0 bridgehead atoms. The number of nitrogens with two attached hydrogens (primary N) is 1. The van der Waals surface area contributed by atoms with E-state index in [0.717, 1.165) is 52.1 Å². The Bertz CT molecular complexity index is 79.0. The first-order chi connectivity index (χ1) is 6.41. The Labute approximate surface area is 82.0 Å². The second-order valence-electron chi connectivity index (χ2n) is 3.17. The van der Waals surface area contributed by atoms with Gasteiger partial charge >= 0.3 is 0 Å². The molecule has 3 nitrogen and oxygen atoms in total. The van der Waals surface area contributed by atoms with Gasteiger partial charge in [-0.3, -0.25) is 0 Å². The topological polar surface area (TPSA) is 47.3 Å². The van der Waals surface area contributed by atoms with E-state index in [4.69, 9.17) is 10.5 Å². The molecule has 0 aliphatic carbocycles. The Hall–Kier alpha value is -0.120. The lowest BCUT2D eigenvalue weighted by atomic mass is 10.3. The number of unbranched alkanes of at least 4 members (excludes halogenated alkanes) is 2. The molecule has 0 radical (unpaired) electrons. The van der Waals surface area contributed by atoms with E-state index in [1.165, 1.54) is 6.42 Å². The van der Waals surface area contributed by atoms with Gasteiger partial charge in [-0.25, -0.2) is 0 Å². The van der Waals surface area contributed by atoms with E-state index >= 15 is 0 Å². The first kappa shape index (κ1) is 12.9. The summed E-state index contributed by atoms with van der Waals surface area (Å²) >= 11 is 0. The van der Waals surface area contributed by atoms with Crippen molar-refractivity contribution in [1.82, 2.24) is 5.32 Å². The highest BCUT2D eigenvalue weighted by Gasteiger charge is 1.89. The molecule has 0 spiro atoms. The molecule has 0 fully saturated rings. The van der Waals surface area contributed by atoms with Gasteiger partial charge in [0.05, 0.1) is 0 Å². The molecule has 0 amide bonds. The minimum atomic E-state index is 0.782. The third-order valence-corrected chi connectivity index (χ3v) is 1.89. The van der Waals surface area contributed by atoms with Gasteiger partial charge in [-0.15, -0.1) is 0 Å². The second kappa shape index (κ2) is 11.9. The van der Waals surface area contributed by atoms with Gasteiger partial charge in [0, 0.05) is 13.2 Å². The van der Waals surface area contributed by atoms with E-state index < -0.39 is 0 Å². The van der Waals surface area contributed by atoms with Crippen LogP contribution in [0.1, 0.15) is 32.6 Å². The van der Waals surface area contributed by atoms with Crippen molar-refractivity contribution in [2.75, 3.05) is 32.8 Å². The molecule has 0 heterocycles. The van der Waals surface area contributed by atoms with Crippen LogP contribution in [-0.4, -0.2) is 32.8 Å². The number of nitrogens with one attached hydrogen (secondary N) is 1. The van der Waals surface area contributed by atoms with Gasteiger partial charge in [-0.05, 0) is 45.3 Å². The molecular formula is C10H24N2O. The van der Waals surface area contributed by atoms with E-state index in [1.54, 1.807) is 0 Å². The average molecular weight is 188 g/mol. The molecule has 0 saturated carbocycles. The van der Waals surface area contributed by atoms with E-state index in [0.29, 0.717) is 0 Å². The fourth-order valence-electron chi connectivity index (χ4n) is 1.08. The van der Waals surface area contributed by atoms with Crippen LogP contribution in [-0.2, 0) is 4.74 Å². The smallest absolute Gasteiger partial charge is 0.0466 e. The summed E-state index contributed by atoms with van der Waals surface area (Å²) in [5.74, 6) is 0. The Morgan fingerprint density at radius 2 is 1.77 bits per heavy atom. The number of ether oxygens (including phenoxy) is 1. The maximum Gasteiger partial charge on any atom is 0.0466 e. The van der Waals surface area contributed by atoms with Crippen molar-refractivity contribution < 1.29 is 4.74 Å². The van der Waals surface area contributed by atoms with Crippen molar-refractivity contribution >= 4 is 0 Å². The van der Waals surface area contributed by atoms with Crippen LogP contribution in [0.4, 0.5) is 0 Å². The van der Waals surface area contributed by atoms with Crippen LogP contribution < -0.4 is 11.1 Å². The lowest BCUT2D eigenvalue weighted by Gasteiger charge is -2.03. The van der Waals surface area contributed by atoms with Gasteiger partial charge in [0.15, 0.2) is 0 Å².